The number of sulfonamides is 1. The summed E-state index contributed by atoms with van der Waals surface area (Å²) in [4.78, 5) is 13.0. The first kappa shape index (κ1) is 20.0. The molecule has 0 bridgehead atoms. The van der Waals surface area contributed by atoms with Crippen LogP contribution in [0.2, 0.25) is 4.34 Å². The molecule has 1 aliphatic rings. The number of carbonyl (C=O) groups is 1. The van der Waals surface area contributed by atoms with E-state index in [4.69, 9.17) is 16.3 Å². The van der Waals surface area contributed by atoms with E-state index < -0.39 is 10.0 Å². The number of halogens is 1. The Hall–Kier alpha value is -1.71. The van der Waals surface area contributed by atoms with Crippen LogP contribution in [-0.4, -0.2) is 44.9 Å². The average molecular weight is 427 g/mol. The number of thiophene rings is 1. The minimum Gasteiger partial charge on any atom is -0.379 e. The maximum Gasteiger partial charge on any atom is 0.244 e. The van der Waals surface area contributed by atoms with Gasteiger partial charge in [0.05, 0.1) is 22.4 Å². The molecular weight excluding hydrogens is 408 g/mol. The fraction of sp³-hybridized carbons (Fsp3) is 0.278. The van der Waals surface area contributed by atoms with E-state index in [1.807, 2.05) is 6.07 Å². The summed E-state index contributed by atoms with van der Waals surface area (Å²) in [5.74, 6) is -0.232. The van der Waals surface area contributed by atoms with Crippen LogP contribution in [0.3, 0.4) is 0 Å². The second-order valence-electron chi connectivity index (χ2n) is 5.85. The van der Waals surface area contributed by atoms with Crippen molar-refractivity contribution in [2.45, 2.75) is 11.4 Å². The van der Waals surface area contributed by atoms with Crippen LogP contribution in [0, 0.1) is 0 Å². The van der Waals surface area contributed by atoms with Crippen molar-refractivity contribution in [2.75, 3.05) is 26.3 Å². The zero-order valence-electron chi connectivity index (χ0n) is 14.4. The molecule has 2 aromatic rings. The Labute approximate surface area is 167 Å². The van der Waals surface area contributed by atoms with Crippen LogP contribution in [0.5, 0.6) is 0 Å². The number of ether oxygens (including phenoxy) is 1. The third-order valence-corrected chi connectivity index (χ3v) is 7.10. The average Bonchev–Trinajstić information content (AvgIpc) is 3.11. The molecule has 0 saturated carbocycles. The van der Waals surface area contributed by atoms with E-state index in [2.05, 4.69) is 5.32 Å². The van der Waals surface area contributed by atoms with Gasteiger partial charge in [0.1, 0.15) is 0 Å². The Morgan fingerprint density at radius 1 is 1.19 bits per heavy atom. The Kier molecular flexibility index (Phi) is 6.67. The summed E-state index contributed by atoms with van der Waals surface area (Å²) in [6.45, 7) is 1.86. The maximum absolute atomic E-state index is 12.6. The zero-order valence-corrected chi connectivity index (χ0v) is 16.8. The summed E-state index contributed by atoms with van der Waals surface area (Å²) < 4.78 is 32.4. The van der Waals surface area contributed by atoms with Gasteiger partial charge in [-0.1, -0.05) is 23.7 Å². The molecule has 1 amide bonds. The third-order valence-electron chi connectivity index (χ3n) is 3.99. The standard InChI is InChI=1S/C18H19ClN2O4S2/c19-17-7-3-15(26-17)4-8-18(22)20-13-14-1-5-16(6-2-14)27(23,24)21-9-11-25-12-10-21/h1-8H,9-13H2,(H,20,22)/b8-4+. The van der Waals surface area contributed by atoms with Gasteiger partial charge < -0.3 is 10.1 Å². The number of nitrogens with zero attached hydrogens (tertiary/aromatic N) is 1. The molecule has 0 atom stereocenters. The molecule has 1 saturated heterocycles. The highest BCUT2D eigenvalue weighted by molar-refractivity contribution is 7.89. The van der Waals surface area contributed by atoms with Crippen molar-refractivity contribution in [3.63, 3.8) is 0 Å². The van der Waals surface area contributed by atoms with Gasteiger partial charge in [0.15, 0.2) is 0 Å². The lowest BCUT2D eigenvalue weighted by Crippen LogP contribution is -2.40. The molecule has 3 rings (SSSR count). The van der Waals surface area contributed by atoms with Crippen LogP contribution in [0.1, 0.15) is 10.4 Å². The van der Waals surface area contributed by atoms with Gasteiger partial charge in [0.25, 0.3) is 0 Å². The van der Waals surface area contributed by atoms with E-state index >= 15 is 0 Å². The highest BCUT2D eigenvalue weighted by atomic mass is 35.5. The molecule has 1 aromatic heterocycles. The topological polar surface area (TPSA) is 75.7 Å². The number of hydrogen-bond donors (Lipinski definition) is 1. The largest absolute Gasteiger partial charge is 0.379 e. The summed E-state index contributed by atoms with van der Waals surface area (Å²) >= 11 is 7.23. The molecule has 0 aliphatic carbocycles. The van der Waals surface area contributed by atoms with Gasteiger partial charge in [0, 0.05) is 30.6 Å². The Balaban J connectivity index is 1.55. The monoisotopic (exact) mass is 426 g/mol. The molecule has 0 spiro atoms. The van der Waals surface area contributed by atoms with Gasteiger partial charge in [-0.15, -0.1) is 11.3 Å². The predicted octanol–water partition coefficient (Wildman–Crippen LogP) is 2.75. The van der Waals surface area contributed by atoms with Gasteiger partial charge >= 0.3 is 0 Å². The van der Waals surface area contributed by atoms with Gasteiger partial charge in [-0.25, -0.2) is 8.42 Å². The number of amides is 1. The Morgan fingerprint density at radius 2 is 1.89 bits per heavy atom. The number of nitrogens with one attached hydrogen (secondary N) is 1. The number of benzene rings is 1. The van der Waals surface area contributed by atoms with E-state index in [0.29, 0.717) is 37.2 Å². The van der Waals surface area contributed by atoms with Crippen LogP contribution in [0.4, 0.5) is 0 Å². The highest BCUT2D eigenvalue weighted by Gasteiger charge is 2.25. The molecule has 2 heterocycles. The second-order valence-corrected chi connectivity index (χ2v) is 9.54. The fourth-order valence-electron chi connectivity index (χ4n) is 2.54. The highest BCUT2D eigenvalue weighted by Crippen LogP contribution is 2.22. The lowest BCUT2D eigenvalue weighted by Gasteiger charge is -2.26. The molecule has 1 aliphatic heterocycles. The van der Waals surface area contributed by atoms with Gasteiger partial charge in [0.2, 0.25) is 15.9 Å². The smallest absolute Gasteiger partial charge is 0.244 e. The van der Waals surface area contributed by atoms with Crippen molar-refractivity contribution in [3.8, 4) is 0 Å². The first-order chi connectivity index (χ1) is 12.9. The van der Waals surface area contributed by atoms with Crippen LogP contribution >= 0.6 is 22.9 Å². The van der Waals surface area contributed by atoms with Crippen molar-refractivity contribution < 1.29 is 17.9 Å². The second kappa shape index (κ2) is 8.99. The molecule has 1 aromatic carbocycles. The van der Waals surface area contributed by atoms with E-state index in [0.717, 1.165) is 10.4 Å². The van der Waals surface area contributed by atoms with Crippen molar-refractivity contribution in [2.24, 2.45) is 0 Å². The third kappa shape index (κ3) is 5.40. The molecule has 144 valence electrons. The normalized spacial score (nSPS) is 15.9. The summed E-state index contributed by atoms with van der Waals surface area (Å²) in [6, 6.07) is 10.2. The minimum atomic E-state index is -3.50. The Morgan fingerprint density at radius 3 is 2.52 bits per heavy atom. The first-order valence-corrected chi connectivity index (χ1v) is 11.0. The van der Waals surface area contributed by atoms with Crippen LogP contribution < -0.4 is 5.32 Å². The zero-order chi connectivity index (χ0) is 19.3. The molecule has 27 heavy (non-hydrogen) atoms. The molecule has 0 unspecified atom stereocenters. The lowest BCUT2D eigenvalue weighted by atomic mass is 10.2. The Bertz CT molecular complexity index is 917. The van der Waals surface area contributed by atoms with E-state index in [1.54, 1.807) is 36.4 Å². The molecule has 0 radical (unpaired) electrons. The molecule has 9 heteroatoms. The molecule has 6 nitrogen and oxygen atoms in total. The van der Waals surface area contributed by atoms with Gasteiger partial charge in [-0.3, -0.25) is 4.79 Å². The van der Waals surface area contributed by atoms with Crippen molar-refractivity contribution >= 4 is 44.9 Å². The number of rotatable bonds is 6. The molecule has 1 fully saturated rings. The van der Waals surface area contributed by atoms with E-state index in [9.17, 15) is 13.2 Å². The fourth-order valence-corrected chi connectivity index (χ4v) is 4.91. The van der Waals surface area contributed by atoms with E-state index in [-0.39, 0.29) is 10.8 Å². The number of morpholine rings is 1. The lowest BCUT2D eigenvalue weighted by molar-refractivity contribution is -0.116. The van der Waals surface area contributed by atoms with Crippen molar-refractivity contribution in [3.05, 3.63) is 57.3 Å². The van der Waals surface area contributed by atoms with Crippen LogP contribution in [0.15, 0.2) is 47.4 Å². The number of hydrogen-bond acceptors (Lipinski definition) is 5. The quantitative estimate of drug-likeness (QED) is 0.720. The van der Waals surface area contributed by atoms with Crippen molar-refractivity contribution in [1.29, 1.82) is 0 Å². The SMILES string of the molecule is O=C(/C=C/c1ccc(Cl)s1)NCc1ccc(S(=O)(=O)N2CCOCC2)cc1. The minimum absolute atomic E-state index is 0.232. The first-order valence-electron chi connectivity index (χ1n) is 8.33. The van der Waals surface area contributed by atoms with E-state index in [1.165, 1.54) is 21.7 Å². The van der Waals surface area contributed by atoms with Crippen molar-refractivity contribution in [1.82, 2.24) is 9.62 Å². The van der Waals surface area contributed by atoms with Gasteiger partial charge in [-0.2, -0.15) is 4.31 Å². The molecular formula is C18H19ClN2O4S2. The summed E-state index contributed by atoms with van der Waals surface area (Å²) in [6.07, 6.45) is 3.14. The summed E-state index contributed by atoms with van der Waals surface area (Å²) in [5, 5.41) is 2.77. The van der Waals surface area contributed by atoms with Crippen LogP contribution in [0.25, 0.3) is 6.08 Å². The maximum atomic E-state index is 12.6. The summed E-state index contributed by atoms with van der Waals surface area (Å²) in [5.41, 5.74) is 0.817. The van der Waals surface area contributed by atoms with Gasteiger partial charge in [-0.05, 0) is 35.9 Å². The van der Waals surface area contributed by atoms with Crippen LogP contribution in [-0.2, 0) is 26.1 Å². The number of carbonyl (C=O) groups excluding carboxylic acids is 1. The molecule has 1 N–H and O–H groups in total. The summed E-state index contributed by atoms with van der Waals surface area (Å²) in [7, 11) is -3.50. The predicted molar refractivity (Wildman–Crippen MR) is 106 cm³/mol.